The lowest BCUT2D eigenvalue weighted by Crippen LogP contribution is -2.34. The molecule has 1 aliphatic heterocycles. The van der Waals surface area contributed by atoms with Gasteiger partial charge in [0.15, 0.2) is 0 Å². The van der Waals surface area contributed by atoms with Crippen molar-refractivity contribution in [2.75, 3.05) is 6.61 Å². The van der Waals surface area contributed by atoms with Crippen molar-refractivity contribution in [3.05, 3.63) is 35.4 Å². The number of ether oxygens (including phenoxy) is 2. The van der Waals surface area contributed by atoms with Crippen LogP contribution in [0.15, 0.2) is 24.3 Å². The van der Waals surface area contributed by atoms with Crippen LogP contribution in [0.25, 0.3) is 0 Å². The fraction of sp³-hybridized carbons (Fsp3) is 0.667. The Morgan fingerprint density at radius 1 is 1.19 bits per heavy atom. The largest absolute Gasteiger partial charge is 0.386 e. The molecule has 0 amide bonds. The monoisotopic (exact) mass is 292 g/mol. The standard InChI is InChI=1S/C18H28O3/c1-4-5-15-6-8-16(9-7-15)18(19)12-20-17-10-13(2)21-14(3)11-17/h6-9,13-14,17-19H,4-5,10-12H2,1-3H3. The van der Waals surface area contributed by atoms with E-state index >= 15 is 0 Å². The summed E-state index contributed by atoms with van der Waals surface area (Å²) >= 11 is 0. The predicted molar refractivity (Wildman–Crippen MR) is 84.4 cm³/mol. The topological polar surface area (TPSA) is 38.7 Å². The number of hydrogen-bond donors (Lipinski definition) is 1. The molecular formula is C18H28O3. The van der Waals surface area contributed by atoms with Gasteiger partial charge in [-0.1, -0.05) is 37.6 Å². The lowest BCUT2D eigenvalue weighted by Gasteiger charge is -2.32. The molecule has 2 rings (SSSR count). The molecular weight excluding hydrogens is 264 g/mol. The van der Waals surface area contributed by atoms with E-state index in [4.69, 9.17) is 9.47 Å². The van der Waals surface area contributed by atoms with E-state index in [-0.39, 0.29) is 18.3 Å². The van der Waals surface area contributed by atoms with Gasteiger partial charge in [-0.15, -0.1) is 0 Å². The Morgan fingerprint density at radius 2 is 1.81 bits per heavy atom. The van der Waals surface area contributed by atoms with Gasteiger partial charge in [-0.25, -0.2) is 0 Å². The summed E-state index contributed by atoms with van der Waals surface area (Å²) in [6, 6.07) is 8.21. The second kappa shape index (κ2) is 7.92. The van der Waals surface area contributed by atoms with E-state index in [0.717, 1.165) is 31.2 Å². The molecule has 1 aromatic carbocycles. The predicted octanol–water partition coefficient (Wildman–Crippen LogP) is 3.65. The SMILES string of the molecule is CCCc1ccc(C(O)COC2CC(C)OC(C)C2)cc1. The van der Waals surface area contributed by atoms with Crippen molar-refractivity contribution in [2.24, 2.45) is 0 Å². The van der Waals surface area contributed by atoms with Crippen molar-refractivity contribution in [1.29, 1.82) is 0 Å². The van der Waals surface area contributed by atoms with Crippen LogP contribution < -0.4 is 0 Å². The van der Waals surface area contributed by atoms with Crippen LogP contribution in [-0.2, 0) is 15.9 Å². The Morgan fingerprint density at radius 3 is 2.38 bits per heavy atom. The summed E-state index contributed by atoms with van der Waals surface area (Å²) in [6.07, 6.45) is 4.18. The molecule has 0 radical (unpaired) electrons. The van der Waals surface area contributed by atoms with E-state index in [0.29, 0.717) is 6.61 Å². The zero-order valence-electron chi connectivity index (χ0n) is 13.4. The highest BCUT2D eigenvalue weighted by molar-refractivity contribution is 5.24. The number of rotatable bonds is 6. The maximum Gasteiger partial charge on any atom is 0.102 e. The van der Waals surface area contributed by atoms with Gasteiger partial charge in [-0.2, -0.15) is 0 Å². The molecule has 3 atom stereocenters. The lowest BCUT2D eigenvalue weighted by atomic mass is 10.0. The van der Waals surface area contributed by atoms with Gasteiger partial charge in [0, 0.05) is 0 Å². The fourth-order valence-corrected chi connectivity index (χ4v) is 3.00. The van der Waals surface area contributed by atoms with Crippen LogP contribution in [-0.4, -0.2) is 30.0 Å². The maximum absolute atomic E-state index is 10.2. The van der Waals surface area contributed by atoms with Crippen LogP contribution in [0.3, 0.4) is 0 Å². The minimum absolute atomic E-state index is 0.192. The summed E-state index contributed by atoms with van der Waals surface area (Å²) in [4.78, 5) is 0. The first-order chi connectivity index (χ1) is 10.1. The van der Waals surface area contributed by atoms with E-state index in [1.54, 1.807) is 0 Å². The summed E-state index contributed by atoms with van der Waals surface area (Å²) in [5, 5.41) is 10.2. The van der Waals surface area contributed by atoms with E-state index in [9.17, 15) is 5.11 Å². The molecule has 0 saturated carbocycles. The van der Waals surface area contributed by atoms with Gasteiger partial charge >= 0.3 is 0 Å². The quantitative estimate of drug-likeness (QED) is 0.870. The lowest BCUT2D eigenvalue weighted by molar-refractivity contribution is -0.113. The first kappa shape index (κ1) is 16.5. The van der Waals surface area contributed by atoms with Gasteiger partial charge in [0.05, 0.1) is 24.9 Å². The molecule has 1 aliphatic rings. The van der Waals surface area contributed by atoms with Crippen molar-refractivity contribution in [3.63, 3.8) is 0 Å². The molecule has 118 valence electrons. The molecule has 3 heteroatoms. The van der Waals surface area contributed by atoms with Gasteiger partial charge in [-0.05, 0) is 44.2 Å². The summed E-state index contributed by atoms with van der Waals surface area (Å²) in [6.45, 7) is 6.69. The van der Waals surface area contributed by atoms with Crippen LogP contribution in [0.2, 0.25) is 0 Å². The van der Waals surface area contributed by atoms with Gasteiger partial charge in [0.1, 0.15) is 6.10 Å². The number of aliphatic hydroxyl groups excluding tert-OH is 1. The summed E-state index contributed by atoms with van der Waals surface area (Å²) in [5.74, 6) is 0. The Balaban J connectivity index is 1.82. The normalized spacial score (nSPS) is 27.5. The van der Waals surface area contributed by atoms with Crippen molar-refractivity contribution in [2.45, 2.75) is 70.9 Å². The van der Waals surface area contributed by atoms with Gasteiger partial charge in [0.2, 0.25) is 0 Å². The molecule has 0 aliphatic carbocycles. The Bertz CT molecular complexity index is 405. The zero-order chi connectivity index (χ0) is 15.2. The van der Waals surface area contributed by atoms with Crippen LogP contribution >= 0.6 is 0 Å². The molecule has 21 heavy (non-hydrogen) atoms. The van der Waals surface area contributed by atoms with Crippen LogP contribution in [0.1, 0.15) is 57.3 Å². The summed E-state index contributed by atoms with van der Waals surface area (Å²) in [5.41, 5.74) is 2.25. The number of benzene rings is 1. The number of hydrogen-bond acceptors (Lipinski definition) is 3. The molecule has 3 nitrogen and oxygen atoms in total. The Kier molecular flexibility index (Phi) is 6.22. The van der Waals surface area contributed by atoms with E-state index in [1.807, 2.05) is 12.1 Å². The Hall–Kier alpha value is -0.900. The number of aliphatic hydroxyl groups is 1. The van der Waals surface area contributed by atoms with Crippen molar-refractivity contribution >= 4 is 0 Å². The summed E-state index contributed by atoms with van der Waals surface area (Å²) in [7, 11) is 0. The molecule has 1 saturated heterocycles. The average Bonchev–Trinajstić information content (AvgIpc) is 2.45. The highest BCUT2D eigenvalue weighted by Crippen LogP contribution is 2.23. The highest BCUT2D eigenvalue weighted by atomic mass is 16.5. The first-order valence-electron chi connectivity index (χ1n) is 8.12. The fourth-order valence-electron chi connectivity index (χ4n) is 3.00. The third kappa shape index (κ3) is 5.10. The van der Waals surface area contributed by atoms with Gasteiger partial charge in [-0.3, -0.25) is 0 Å². The van der Waals surface area contributed by atoms with E-state index in [2.05, 4.69) is 32.9 Å². The maximum atomic E-state index is 10.2. The average molecular weight is 292 g/mol. The molecule has 1 aromatic rings. The van der Waals surface area contributed by atoms with E-state index in [1.165, 1.54) is 5.56 Å². The third-order valence-corrected chi connectivity index (χ3v) is 4.05. The molecule has 1 fully saturated rings. The van der Waals surface area contributed by atoms with Crippen molar-refractivity contribution in [3.8, 4) is 0 Å². The first-order valence-corrected chi connectivity index (χ1v) is 8.12. The highest BCUT2D eigenvalue weighted by Gasteiger charge is 2.25. The van der Waals surface area contributed by atoms with Crippen LogP contribution in [0.4, 0.5) is 0 Å². The minimum Gasteiger partial charge on any atom is -0.386 e. The second-order valence-corrected chi connectivity index (χ2v) is 6.19. The van der Waals surface area contributed by atoms with Crippen LogP contribution in [0, 0.1) is 0 Å². The number of aryl methyl sites for hydroxylation is 1. The van der Waals surface area contributed by atoms with Crippen molar-refractivity contribution in [1.82, 2.24) is 0 Å². The third-order valence-electron chi connectivity index (χ3n) is 4.05. The summed E-state index contributed by atoms with van der Waals surface area (Å²) < 4.78 is 11.6. The van der Waals surface area contributed by atoms with Gasteiger partial charge in [0.25, 0.3) is 0 Å². The molecule has 1 N–H and O–H groups in total. The van der Waals surface area contributed by atoms with E-state index < -0.39 is 6.10 Å². The molecule has 0 spiro atoms. The van der Waals surface area contributed by atoms with Gasteiger partial charge < -0.3 is 14.6 Å². The second-order valence-electron chi connectivity index (χ2n) is 6.19. The van der Waals surface area contributed by atoms with Crippen molar-refractivity contribution < 1.29 is 14.6 Å². The Labute approximate surface area is 128 Å². The molecule has 1 heterocycles. The molecule has 0 bridgehead atoms. The van der Waals surface area contributed by atoms with Crippen LogP contribution in [0.5, 0.6) is 0 Å². The molecule has 0 aromatic heterocycles. The molecule has 3 unspecified atom stereocenters. The smallest absolute Gasteiger partial charge is 0.102 e. The zero-order valence-corrected chi connectivity index (χ0v) is 13.4. The minimum atomic E-state index is -0.547.